The summed E-state index contributed by atoms with van der Waals surface area (Å²) in [7, 11) is -2.56. The van der Waals surface area contributed by atoms with Gasteiger partial charge in [-0.1, -0.05) is 47.0 Å². The molecule has 180 valence electrons. The molecule has 0 bridgehead atoms. The largest absolute Gasteiger partial charge is 0.352 e. The van der Waals surface area contributed by atoms with Crippen molar-refractivity contribution in [1.29, 1.82) is 0 Å². The highest BCUT2D eigenvalue weighted by molar-refractivity contribution is 7.89. The normalized spacial score (nSPS) is 12.6. The molecule has 10 heteroatoms. The zero-order chi connectivity index (χ0) is 24.9. The summed E-state index contributed by atoms with van der Waals surface area (Å²) in [5.74, 6) is -0.891. The highest BCUT2D eigenvalue weighted by Gasteiger charge is 2.30. The number of likely N-dealkylation sites (N-methyl/N-ethyl adjacent to an activating group) is 1. The van der Waals surface area contributed by atoms with Gasteiger partial charge in [-0.05, 0) is 57.5 Å². The van der Waals surface area contributed by atoms with Gasteiger partial charge < -0.3 is 10.2 Å². The molecule has 0 radical (unpaired) electrons. The van der Waals surface area contributed by atoms with Crippen LogP contribution in [-0.2, 0) is 26.2 Å². The van der Waals surface area contributed by atoms with Gasteiger partial charge in [0.1, 0.15) is 6.04 Å². The minimum absolute atomic E-state index is 0.0138. The molecule has 2 aromatic rings. The van der Waals surface area contributed by atoms with E-state index < -0.39 is 28.5 Å². The van der Waals surface area contributed by atoms with Crippen molar-refractivity contribution in [1.82, 2.24) is 14.5 Å². The van der Waals surface area contributed by atoms with Gasteiger partial charge in [-0.3, -0.25) is 9.59 Å². The van der Waals surface area contributed by atoms with E-state index in [0.717, 1.165) is 9.87 Å². The topological polar surface area (TPSA) is 86.8 Å². The third-order valence-electron chi connectivity index (χ3n) is 5.04. The summed E-state index contributed by atoms with van der Waals surface area (Å²) in [6.07, 6.45) is 0. The maximum Gasteiger partial charge on any atom is 0.243 e. The zero-order valence-electron chi connectivity index (χ0n) is 19.3. The van der Waals surface area contributed by atoms with E-state index in [1.807, 2.05) is 20.8 Å². The van der Waals surface area contributed by atoms with Gasteiger partial charge in [-0.15, -0.1) is 0 Å². The first-order valence-corrected chi connectivity index (χ1v) is 12.6. The number of halogens is 2. The summed E-state index contributed by atoms with van der Waals surface area (Å²) in [5.41, 5.74) is 1.51. The maximum absolute atomic E-state index is 13.3. The van der Waals surface area contributed by atoms with E-state index in [1.54, 1.807) is 37.3 Å². The number of sulfonamides is 1. The first-order chi connectivity index (χ1) is 15.3. The van der Waals surface area contributed by atoms with Crippen LogP contribution in [0.25, 0.3) is 0 Å². The second kappa shape index (κ2) is 11.3. The Labute approximate surface area is 205 Å². The molecule has 1 atom stereocenters. The molecule has 7 nitrogen and oxygen atoms in total. The predicted molar refractivity (Wildman–Crippen MR) is 131 cm³/mol. The average molecular weight is 514 g/mol. The van der Waals surface area contributed by atoms with Gasteiger partial charge in [0, 0.05) is 29.7 Å². The summed E-state index contributed by atoms with van der Waals surface area (Å²) < 4.78 is 26.9. The molecule has 0 saturated heterocycles. The van der Waals surface area contributed by atoms with Gasteiger partial charge in [-0.2, -0.15) is 4.31 Å². The molecule has 1 N–H and O–H groups in total. The Bertz CT molecular complexity index is 1110. The lowest BCUT2D eigenvalue weighted by Crippen LogP contribution is -2.51. The predicted octanol–water partition coefficient (Wildman–Crippen LogP) is 3.86. The number of carbonyl (C=O) groups is 2. The van der Waals surface area contributed by atoms with Gasteiger partial charge in [0.25, 0.3) is 0 Å². The van der Waals surface area contributed by atoms with Crippen molar-refractivity contribution in [2.45, 2.75) is 51.2 Å². The Kier molecular flexibility index (Phi) is 9.31. The van der Waals surface area contributed by atoms with Crippen LogP contribution in [0.15, 0.2) is 47.4 Å². The lowest BCUT2D eigenvalue weighted by Gasteiger charge is -2.31. The maximum atomic E-state index is 13.3. The van der Waals surface area contributed by atoms with Crippen LogP contribution in [0.2, 0.25) is 10.0 Å². The number of nitrogens with zero attached hydrogens (tertiary/aromatic N) is 2. The number of aryl methyl sites for hydroxylation is 1. The van der Waals surface area contributed by atoms with Crippen LogP contribution in [0, 0.1) is 6.92 Å². The van der Waals surface area contributed by atoms with Crippen molar-refractivity contribution in [2.75, 3.05) is 13.6 Å². The number of amides is 2. The highest BCUT2D eigenvalue weighted by atomic mass is 35.5. The SMILES string of the molecule is Cc1ccc(S(=O)(=O)N(C)CC(=O)N(Cc2ccc(Cl)cc2Cl)C(C)C(=O)NC(C)C)cc1. The van der Waals surface area contributed by atoms with Crippen LogP contribution in [0.1, 0.15) is 31.9 Å². The van der Waals surface area contributed by atoms with Gasteiger partial charge in [-0.25, -0.2) is 8.42 Å². The third-order valence-corrected chi connectivity index (χ3v) is 7.45. The van der Waals surface area contributed by atoms with Crippen molar-refractivity contribution in [3.05, 3.63) is 63.6 Å². The van der Waals surface area contributed by atoms with Crippen molar-refractivity contribution in [2.24, 2.45) is 0 Å². The zero-order valence-corrected chi connectivity index (χ0v) is 21.6. The molecule has 2 amide bonds. The quantitative estimate of drug-likeness (QED) is 0.551. The Morgan fingerprint density at radius 1 is 1.03 bits per heavy atom. The molecule has 0 aliphatic rings. The molecular formula is C23H29Cl2N3O4S. The average Bonchev–Trinajstić information content (AvgIpc) is 2.72. The standard InChI is InChI=1S/C23H29Cl2N3O4S/c1-15(2)26-23(30)17(4)28(13-18-8-9-19(24)12-21(18)25)22(29)14-27(5)33(31,32)20-10-6-16(3)7-11-20/h6-12,15,17H,13-14H2,1-5H3,(H,26,30). The van der Waals surface area contributed by atoms with Gasteiger partial charge in [0.05, 0.1) is 11.4 Å². The Morgan fingerprint density at radius 2 is 1.64 bits per heavy atom. The van der Waals surface area contributed by atoms with Crippen molar-refractivity contribution in [3.63, 3.8) is 0 Å². The second-order valence-electron chi connectivity index (χ2n) is 8.17. The Hall–Kier alpha value is -2.13. The number of nitrogens with one attached hydrogen (secondary N) is 1. The van der Waals surface area contributed by atoms with E-state index in [1.165, 1.54) is 24.1 Å². The third kappa shape index (κ3) is 7.17. The van der Waals surface area contributed by atoms with Crippen LogP contribution in [0.3, 0.4) is 0 Å². The molecule has 2 aromatic carbocycles. The summed E-state index contributed by atoms with van der Waals surface area (Å²) >= 11 is 12.3. The van der Waals surface area contributed by atoms with Crippen LogP contribution < -0.4 is 5.32 Å². The molecule has 0 aromatic heterocycles. The minimum atomic E-state index is -3.89. The molecule has 0 spiro atoms. The van der Waals surface area contributed by atoms with Gasteiger partial charge >= 0.3 is 0 Å². The number of hydrogen-bond donors (Lipinski definition) is 1. The Morgan fingerprint density at radius 3 is 2.18 bits per heavy atom. The molecule has 33 heavy (non-hydrogen) atoms. The van der Waals surface area contributed by atoms with Gasteiger partial charge in [0.2, 0.25) is 21.8 Å². The number of carbonyl (C=O) groups excluding carboxylic acids is 2. The smallest absolute Gasteiger partial charge is 0.243 e. The monoisotopic (exact) mass is 513 g/mol. The minimum Gasteiger partial charge on any atom is -0.352 e. The Balaban J connectivity index is 2.31. The fourth-order valence-corrected chi connectivity index (χ4v) is 4.67. The first-order valence-electron chi connectivity index (χ1n) is 10.4. The molecule has 0 aliphatic heterocycles. The van der Waals surface area contributed by atoms with Gasteiger partial charge in [0.15, 0.2) is 0 Å². The van der Waals surface area contributed by atoms with E-state index >= 15 is 0 Å². The molecule has 0 heterocycles. The van der Waals surface area contributed by atoms with E-state index in [2.05, 4.69) is 5.32 Å². The molecule has 1 unspecified atom stereocenters. The van der Waals surface area contributed by atoms with E-state index in [0.29, 0.717) is 15.6 Å². The summed E-state index contributed by atoms with van der Waals surface area (Å²) in [6, 6.07) is 10.2. The second-order valence-corrected chi connectivity index (χ2v) is 11.1. The summed E-state index contributed by atoms with van der Waals surface area (Å²) in [5, 5.41) is 3.57. The fourth-order valence-electron chi connectivity index (χ4n) is 3.08. The molecule has 2 rings (SSSR count). The number of hydrogen-bond acceptors (Lipinski definition) is 4. The van der Waals surface area contributed by atoms with Crippen LogP contribution in [-0.4, -0.2) is 55.1 Å². The first kappa shape index (κ1) is 27.1. The van der Waals surface area contributed by atoms with Crippen LogP contribution in [0.4, 0.5) is 0 Å². The lowest BCUT2D eigenvalue weighted by molar-refractivity contribution is -0.140. The van der Waals surface area contributed by atoms with E-state index in [9.17, 15) is 18.0 Å². The number of benzene rings is 2. The molecular weight excluding hydrogens is 485 g/mol. The van der Waals surface area contributed by atoms with E-state index in [4.69, 9.17) is 23.2 Å². The molecule has 0 fully saturated rings. The van der Waals surface area contributed by atoms with Crippen LogP contribution in [0.5, 0.6) is 0 Å². The highest BCUT2D eigenvalue weighted by Crippen LogP contribution is 2.24. The van der Waals surface area contributed by atoms with Crippen molar-refractivity contribution in [3.8, 4) is 0 Å². The van der Waals surface area contributed by atoms with Crippen molar-refractivity contribution < 1.29 is 18.0 Å². The lowest BCUT2D eigenvalue weighted by atomic mass is 10.1. The van der Waals surface area contributed by atoms with Crippen LogP contribution >= 0.6 is 23.2 Å². The molecule has 0 aliphatic carbocycles. The number of rotatable bonds is 9. The molecule has 0 saturated carbocycles. The fraction of sp³-hybridized carbons (Fsp3) is 0.391. The van der Waals surface area contributed by atoms with E-state index in [-0.39, 0.29) is 23.4 Å². The van der Waals surface area contributed by atoms with Crippen molar-refractivity contribution >= 4 is 45.0 Å². The summed E-state index contributed by atoms with van der Waals surface area (Å²) in [4.78, 5) is 27.3. The summed E-state index contributed by atoms with van der Waals surface area (Å²) in [6.45, 7) is 6.64.